The normalized spacial score (nSPS) is 21.9. The Morgan fingerprint density at radius 3 is 3.00 bits per heavy atom. The summed E-state index contributed by atoms with van der Waals surface area (Å²) < 4.78 is 0. The van der Waals surface area contributed by atoms with Crippen LogP contribution in [0.25, 0.3) is 0 Å². The summed E-state index contributed by atoms with van der Waals surface area (Å²) in [6, 6.07) is 9.42. The highest BCUT2D eigenvalue weighted by molar-refractivity contribution is 5.22. The van der Waals surface area contributed by atoms with Crippen molar-refractivity contribution in [3.8, 4) is 0 Å². The van der Waals surface area contributed by atoms with Crippen LogP contribution in [0.5, 0.6) is 0 Å². The van der Waals surface area contributed by atoms with Gasteiger partial charge in [0.2, 0.25) is 0 Å². The van der Waals surface area contributed by atoms with E-state index in [4.69, 9.17) is 0 Å². The Kier molecular flexibility index (Phi) is 6.06. The molecule has 2 rings (SSSR count). The maximum absolute atomic E-state index is 3.73. The first-order chi connectivity index (χ1) is 9.69. The average Bonchev–Trinajstić information content (AvgIpc) is 2.45. The van der Waals surface area contributed by atoms with E-state index in [0.29, 0.717) is 6.04 Å². The van der Waals surface area contributed by atoms with E-state index in [-0.39, 0.29) is 0 Å². The van der Waals surface area contributed by atoms with Gasteiger partial charge in [-0.1, -0.05) is 36.8 Å². The number of hydrogen-bond donors (Lipinski definition) is 1. The number of aryl methyl sites for hydroxylation is 1. The van der Waals surface area contributed by atoms with E-state index in [1.807, 2.05) is 0 Å². The zero-order valence-electron chi connectivity index (χ0n) is 13.4. The predicted octanol–water partition coefficient (Wildman–Crippen LogP) is 3.60. The molecular formula is C18H30N2. The third-order valence-electron chi connectivity index (χ3n) is 4.50. The standard InChI is InChI=1S/C18H30N2/c1-4-10-20-11-6-9-18(14-20)16(3)19-13-17-8-5-7-15(2)12-17/h5,7-8,12,16,18-19H,4,6,9-11,13-14H2,1-3H3. The molecule has 1 aromatic carbocycles. The second-order valence-electron chi connectivity index (χ2n) is 6.36. The fourth-order valence-electron chi connectivity index (χ4n) is 3.29. The molecule has 2 heteroatoms. The van der Waals surface area contributed by atoms with Gasteiger partial charge in [0.15, 0.2) is 0 Å². The molecule has 20 heavy (non-hydrogen) atoms. The third-order valence-corrected chi connectivity index (χ3v) is 4.50. The summed E-state index contributed by atoms with van der Waals surface area (Å²) >= 11 is 0. The minimum atomic E-state index is 0.607. The number of benzene rings is 1. The quantitative estimate of drug-likeness (QED) is 0.853. The van der Waals surface area contributed by atoms with Gasteiger partial charge in [-0.15, -0.1) is 0 Å². The molecular weight excluding hydrogens is 244 g/mol. The Balaban J connectivity index is 1.80. The lowest BCUT2D eigenvalue weighted by Gasteiger charge is -2.36. The fourth-order valence-corrected chi connectivity index (χ4v) is 3.29. The first-order valence-electron chi connectivity index (χ1n) is 8.20. The molecule has 0 amide bonds. The lowest BCUT2D eigenvalue weighted by Crippen LogP contribution is -2.44. The predicted molar refractivity (Wildman–Crippen MR) is 86.9 cm³/mol. The summed E-state index contributed by atoms with van der Waals surface area (Å²) in [5, 5.41) is 3.73. The van der Waals surface area contributed by atoms with Crippen LogP contribution in [0.1, 0.15) is 44.2 Å². The summed E-state index contributed by atoms with van der Waals surface area (Å²) in [4.78, 5) is 2.64. The van der Waals surface area contributed by atoms with Gasteiger partial charge in [-0.3, -0.25) is 0 Å². The van der Waals surface area contributed by atoms with Gasteiger partial charge in [-0.05, 0) is 57.7 Å². The third kappa shape index (κ3) is 4.60. The Morgan fingerprint density at radius 2 is 2.25 bits per heavy atom. The molecule has 2 unspecified atom stereocenters. The average molecular weight is 274 g/mol. The Bertz CT molecular complexity index is 400. The van der Waals surface area contributed by atoms with Crippen LogP contribution >= 0.6 is 0 Å². The van der Waals surface area contributed by atoms with Crippen molar-refractivity contribution in [3.63, 3.8) is 0 Å². The molecule has 1 aliphatic rings. The summed E-state index contributed by atoms with van der Waals surface area (Å²) in [6.45, 7) is 11.6. The van der Waals surface area contributed by atoms with Crippen LogP contribution in [0, 0.1) is 12.8 Å². The Morgan fingerprint density at radius 1 is 1.40 bits per heavy atom. The van der Waals surface area contributed by atoms with Gasteiger partial charge >= 0.3 is 0 Å². The lowest BCUT2D eigenvalue weighted by molar-refractivity contribution is 0.150. The first kappa shape index (κ1) is 15.5. The molecule has 112 valence electrons. The highest BCUT2D eigenvalue weighted by atomic mass is 15.1. The van der Waals surface area contributed by atoms with Crippen LogP contribution in [0.2, 0.25) is 0 Å². The van der Waals surface area contributed by atoms with Crippen molar-refractivity contribution in [2.24, 2.45) is 5.92 Å². The van der Waals surface area contributed by atoms with Crippen LogP contribution in [0.3, 0.4) is 0 Å². The summed E-state index contributed by atoms with van der Waals surface area (Å²) in [5.41, 5.74) is 2.75. The largest absolute Gasteiger partial charge is 0.310 e. The second-order valence-corrected chi connectivity index (χ2v) is 6.36. The Labute approximate surface area is 124 Å². The molecule has 0 spiro atoms. The van der Waals surface area contributed by atoms with E-state index in [9.17, 15) is 0 Å². The van der Waals surface area contributed by atoms with E-state index < -0.39 is 0 Å². The maximum Gasteiger partial charge on any atom is 0.0208 e. The molecule has 2 nitrogen and oxygen atoms in total. The lowest BCUT2D eigenvalue weighted by atomic mass is 9.91. The van der Waals surface area contributed by atoms with Crippen molar-refractivity contribution < 1.29 is 0 Å². The van der Waals surface area contributed by atoms with Crippen LogP contribution in [0.4, 0.5) is 0 Å². The van der Waals surface area contributed by atoms with E-state index >= 15 is 0 Å². The van der Waals surface area contributed by atoms with Gasteiger partial charge in [-0.25, -0.2) is 0 Å². The summed E-state index contributed by atoms with van der Waals surface area (Å²) in [7, 11) is 0. The van der Waals surface area contributed by atoms with Gasteiger partial charge in [0, 0.05) is 19.1 Å². The Hall–Kier alpha value is -0.860. The zero-order chi connectivity index (χ0) is 14.4. The maximum atomic E-state index is 3.73. The molecule has 2 atom stereocenters. The number of rotatable bonds is 6. The molecule has 0 bridgehead atoms. The van der Waals surface area contributed by atoms with Crippen LogP contribution in [-0.2, 0) is 6.54 Å². The van der Waals surface area contributed by atoms with Gasteiger partial charge in [0.1, 0.15) is 0 Å². The van der Waals surface area contributed by atoms with Gasteiger partial charge in [0.05, 0.1) is 0 Å². The number of piperidine rings is 1. The smallest absolute Gasteiger partial charge is 0.0208 e. The number of nitrogens with one attached hydrogen (secondary N) is 1. The molecule has 1 saturated heterocycles. The van der Waals surface area contributed by atoms with E-state index in [1.54, 1.807) is 0 Å². The molecule has 1 aromatic rings. The van der Waals surface area contributed by atoms with E-state index in [2.05, 4.69) is 55.3 Å². The molecule has 1 N–H and O–H groups in total. The van der Waals surface area contributed by atoms with Crippen molar-refractivity contribution in [1.29, 1.82) is 0 Å². The molecule has 0 radical (unpaired) electrons. The molecule has 1 heterocycles. The minimum absolute atomic E-state index is 0.607. The fraction of sp³-hybridized carbons (Fsp3) is 0.667. The van der Waals surface area contributed by atoms with Gasteiger partial charge in [-0.2, -0.15) is 0 Å². The number of likely N-dealkylation sites (tertiary alicyclic amines) is 1. The van der Waals surface area contributed by atoms with Crippen molar-refractivity contribution in [3.05, 3.63) is 35.4 Å². The van der Waals surface area contributed by atoms with Crippen LogP contribution < -0.4 is 5.32 Å². The minimum Gasteiger partial charge on any atom is -0.310 e. The topological polar surface area (TPSA) is 15.3 Å². The van der Waals surface area contributed by atoms with Crippen molar-refractivity contribution in [1.82, 2.24) is 10.2 Å². The van der Waals surface area contributed by atoms with Crippen LogP contribution in [-0.4, -0.2) is 30.6 Å². The molecule has 0 aromatic heterocycles. The highest BCUT2D eigenvalue weighted by Gasteiger charge is 2.23. The first-order valence-corrected chi connectivity index (χ1v) is 8.20. The monoisotopic (exact) mass is 274 g/mol. The zero-order valence-corrected chi connectivity index (χ0v) is 13.4. The molecule has 0 saturated carbocycles. The molecule has 0 aliphatic carbocycles. The molecule has 1 aliphatic heterocycles. The number of hydrogen-bond acceptors (Lipinski definition) is 2. The van der Waals surface area contributed by atoms with Crippen molar-refractivity contribution >= 4 is 0 Å². The molecule has 1 fully saturated rings. The van der Waals surface area contributed by atoms with Gasteiger partial charge in [0.25, 0.3) is 0 Å². The van der Waals surface area contributed by atoms with E-state index in [1.165, 1.54) is 50.0 Å². The van der Waals surface area contributed by atoms with Gasteiger partial charge < -0.3 is 10.2 Å². The van der Waals surface area contributed by atoms with E-state index in [0.717, 1.165) is 12.5 Å². The van der Waals surface area contributed by atoms with Crippen molar-refractivity contribution in [2.45, 2.75) is 52.6 Å². The second kappa shape index (κ2) is 7.80. The summed E-state index contributed by atoms with van der Waals surface area (Å²) in [6.07, 6.45) is 4.02. The van der Waals surface area contributed by atoms with Crippen molar-refractivity contribution in [2.75, 3.05) is 19.6 Å². The summed E-state index contributed by atoms with van der Waals surface area (Å²) in [5.74, 6) is 0.806. The van der Waals surface area contributed by atoms with Crippen LogP contribution in [0.15, 0.2) is 24.3 Å². The highest BCUT2D eigenvalue weighted by Crippen LogP contribution is 2.20. The SMILES string of the molecule is CCCN1CCCC(C(C)NCc2cccc(C)c2)C1. The number of nitrogens with zero attached hydrogens (tertiary/aromatic N) is 1.